The number of ether oxygens (including phenoxy) is 1. The maximum absolute atomic E-state index is 4.91. The molecule has 0 spiro atoms. The normalized spacial score (nSPS) is 9.23. The van der Waals surface area contributed by atoms with Crippen LogP contribution < -0.4 is 4.74 Å². The van der Waals surface area contributed by atoms with E-state index in [9.17, 15) is 0 Å². The summed E-state index contributed by atoms with van der Waals surface area (Å²) in [6, 6.07) is 14.2. The molecule has 0 saturated carbocycles. The van der Waals surface area contributed by atoms with Gasteiger partial charge in [0.25, 0.3) is 0 Å². The van der Waals surface area contributed by atoms with Crippen molar-refractivity contribution in [3.8, 4) is 5.88 Å². The van der Waals surface area contributed by atoms with Crippen LogP contribution in [0.5, 0.6) is 5.88 Å². The lowest BCUT2D eigenvalue weighted by Crippen LogP contribution is -2.13. The van der Waals surface area contributed by atoms with Gasteiger partial charge in [-0.25, -0.2) is 4.98 Å². The summed E-state index contributed by atoms with van der Waals surface area (Å²) in [6.45, 7) is 49.9. The minimum absolute atomic E-state index is 0. The van der Waals surface area contributed by atoms with Gasteiger partial charge in [-0.1, -0.05) is 193 Å². The summed E-state index contributed by atoms with van der Waals surface area (Å²) in [7, 11) is 1.58. The quantitative estimate of drug-likeness (QED) is 0.191. The fourth-order valence-corrected chi connectivity index (χ4v) is 3.27. The van der Waals surface area contributed by atoms with Gasteiger partial charge in [-0.3, -0.25) is 19.9 Å². The highest BCUT2D eigenvalue weighted by atomic mass is 16.5. The van der Waals surface area contributed by atoms with E-state index in [0.29, 0.717) is 5.88 Å². The molecular formula is C50H97N5O. The second kappa shape index (κ2) is 42.5. The predicted molar refractivity (Wildman–Crippen MR) is 258 cm³/mol. The molecule has 0 N–H and O–H groups in total. The summed E-state index contributed by atoms with van der Waals surface area (Å²) in [5, 5.41) is 0. The zero-order chi connectivity index (χ0) is 44.0. The van der Waals surface area contributed by atoms with E-state index in [0.717, 1.165) is 11.4 Å². The number of pyridine rings is 3. The fraction of sp³-hybridized carbons (Fsp3) is 0.620. The van der Waals surface area contributed by atoms with Gasteiger partial charge < -0.3 is 4.74 Å². The molecule has 6 nitrogen and oxygen atoms in total. The molecule has 0 aliphatic carbocycles. The van der Waals surface area contributed by atoms with Crippen LogP contribution in [0.25, 0.3) is 0 Å². The minimum atomic E-state index is 0. The van der Waals surface area contributed by atoms with Gasteiger partial charge in [0.15, 0.2) is 0 Å². The molecule has 0 bridgehead atoms. The zero-order valence-corrected chi connectivity index (χ0v) is 40.2. The molecule has 6 heteroatoms. The van der Waals surface area contributed by atoms with E-state index >= 15 is 0 Å². The van der Waals surface area contributed by atoms with E-state index in [-0.39, 0.29) is 36.5 Å². The van der Waals surface area contributed by atoms with Gasteiger partial charge in [0.05, 0.1) is 25.2 Å². The SMILES string of the molecule is C.C.CC.CC.CC.CC.CC.CC.CC(C)(C)c1ccccn1.CC(C)(C)c1cccnc1.CC(C)(C)c1ccncc1.COc1cnc(C(C)(C)C)cn1. The minimum Gasteiger partial charge on any atom is -0.480 e. The average molecular weight is 784 g/mol. The maximum Gasteiger partial charge on any atom is 0.231 e. The predicted octanol–water partition coefficient (Wildman–Crippen LogP) is 16.3. The first kappa shape index (κ1) is 70.2. The van der Waals surface area contributed by atoms with Gasteiger partial charge in [-0.15, -0.1) is 0 Å². The highest BCUT2D eigenvalue weighted by Crippen LogP contribution is 2.21. The largest absolute Gasteiger partial charge is 0.480 e. The lowest BCUT2D eigenvalue weighted by atomic mass is 9.88. The highest BCUT2D eigenvalue weighted by molar-refractivity contribution is 5.19. The highest BCUT2D eigenvalue weighted by Gasteiger charge is 2.16. The van der Waals surface area contributed by atoms with E-state index < -0.39 is 0 Å². The lowest BCUT2D eigenvalue weighted by Gasteiger charge is -2.17. The fourth-order valence-electron chi connectivity index (χ4n) is 3.27. The Bertz CT molecular complexity index is 1130. The molecule has 0 radical (unpaired) electrons. The molecular weight excluding hydrogens is 687 g/mol. The Balaban J connectivity index is -0.0000000829. The first-order chi connectivity index (χ1) is 25.4. The van der Waals surface area contributed by atoms with Crippen molar-refractivity contribution < 1.29 is 4.74 Å². The zero-order valence-electron chi connectivity index (χ0n) is 40.2. The summed E-state index contributed by atoms with van der Waals surface area (Å²) in [6.07, 6.45) is 12.6. The van der Waals surface area contributed by atoms with Crippen LogP contribution in [0.4, 0.5) is 0 Å². The Morgan fingerprint density at radius 2 is 0.821 bits per heavy atom. The van der Waals surface area contributed by atoms with Crippen molar-refractivity contribution in [2.75, 3.05) is 7.11 Å². The van der Waals surface area contributed by atoms with E-state index in [1.54, 1.807) is 25.7 Å². The van der Waals surface area contributed by atoms with Gasteiger partial charge in [-0.05, 0) is 52.3 Å². The van der Waals surface area contributed by atoms with E-state index in [1.807, 2.05) is 126 Å². The molecule has 0 aliphatic rings. The summed E-state index contributed by atoms with van der Waals surface area (Å²) < 4.78 is 4.91. The van der Waals surface area contributed by atoms with Crippen LogP contribution in [-0.4, -0.2) is 32.0 Å². The average Bonchev–Trinajstić information content (AvgIpc) is 3.20. The molecule has 328 valence electrons. The smallest absolute Gasteiger partial charge is 0.231 e. The van der Waals surface area contributed by atoms with Crippen molar-refractivity contribution in [1.82, 2.24) is 24.9 Å². The Labute approximate surface area is 352 Å². The number of nitrogens with zero attached hydrogens (tertiary/aromatic N) is 5. The number of methoxy groups -OCH3 is 1. The number of rotatable bonds is 1. The molecule has 4 aromatic rings. The topological polar surface area (TPSA) is 73.7 Å². The molecule has 0 aromatic carbocycles. The van der Waals surface area contributed by atoms with Crippen molar-refractivity contribution in [2.45, 2.75) is 203 Å². The van der Waals surface area contributed by atoms with Crippen LogP contribution in [0.3, 0.4) is 0 Å². The summed E-state index contributed by atoms with van der Waals surface area (Å²) in [5.74, 6) is 0.558. The van der Waals surface area contributed by atoms with E-state index in [4.69, 9.17) is 4.74 Å². The molecule has 4 rings (SSSR count). The van der Waals surface area contributed by atoms with Gasteiger partial charge in [-0.2, -0.15) is 0 Å². The lowest BCUT2D eigenvalue weighted by molar-refractivity contribution is 0.393. The molecule has 0 aliphatic heterocycles. The summed E-state index contributed by atoms with van der Waals surface area (Å²) >= 11 is 0. The third kappa shape index (κ3) is 38.6. The summed E-state index contributed by atoms with van der Waals surface area (Å²) in [5.41, 5.74) is 5.47. The Morgan fingerprint density at radius 3 is 1.05 bits per heavy atom. The van der Waals surface area contributed by atoms with Crippen molar-refractivity contribution in [3.63, 3.8) is 0 Å². The Kier molecular flexibility index (Phi) is 53.2. The molecule has 0 unspecified atom stereocenters. The Morgan fingerprint density at radius 1 is 0.375 bits per heavy atom. The monoisotopic (exact) mass is 784 g/mol. The second-order valence-electron chi connectivity index (χ2n) is 14.1. The van der Waals surface area contributed by atoms with Crippen LogP contribution >= 0.6 is 0 Å². The van der Waals surface area contributed by atoms with Gasteiger partial charge in [0, 0.05) is 47.5 Å². The molecule has 0 amide bonds. The van der Waals surface area contributed by atoms with Crippen LogP contribution in [0.15, 0.2) is 85.8 Å². The molecule has 0 atom stereocenters. The van der Waals surface area contributed by atoms with Gasteiger partial charge in [0.1, 0.15) is 0 Å². The number of hydrogen-bond donors (Lipinski definition) is 0. The van der Waals surface area contributed by atoms with Crippen LogP contribution in [0, 0.1) is 0 Å². The molecule has 4 heterocycles. The van der Waals surface area contributed by atoms with Crippen molar-refractivity contribution >= 4 is 0 Å². The first-order valence-electron chi connectivity index (χ1n) is 20.4. The molecule has 0 fully saturated rings. The third-order valence-corrected chi connectivity index (χ3v) is 6.11. The molecule has 0 saturated heterocycles. The van der Waals surface area contributed by atoms with Crippen molar-refractivity contribution in [1.29, 1.82) is 0 Å². The molecule has 56 heavy (non-hydrogen) atoms. The van der Waals surface area contributed by atoms with Crippen molar-refractivity contribution in [2.24, 2.45) is 0 Å². The number of aromatic nitrogens is 5. The van der Waals surface area contributed by atoms with Crippen LogP contribution in [-0.2, 0) is 21.7 Å². The first-order valence-corrected chi connectivity index (χ1v) is 20.4. The van der Waals surface area contributed by atoms with Crippen LogP contribution in [0.2, 0.25) is 0 Å². The van der Waals surface area contributed by atoms with Crippen LogP contribution in [0.1, 0.15) is 204 Å². The molecule has 4 aromatic heterocycles. The van der Waals surface area contributed by atoms with E-state index in [1.165, 1.54) is 11.1 Å². The van der Waals surface area contributed by atoms with Gasteiger partial charge >= 0.3 is 0 Å². The Hall–Kier alpha value is -3.67. The second-order valence-corrected chi connectivity index (χ2v) is 14.1. The van der Waals surface area contributed by atoms with E-state index in [2.05, 4.69) is 132 Å². The maximum atomic E-state index is 4.91. The summed E-state index contributed by atoms with van der Waals surface area (Å²) in [4.78, 5) is 20.6. The van der Waals surface area contributed by atoms with Crippen molar-refractivity contribution in [3.05, 3.63) is 108 Å². The standard InChI is InChI=1S/C9H14N2O.3C9H13N.6C2H6.2CH4/c1-9(2,3)7-5-11-8(12-4)6-10-7;1-9(2,3)8-4-6-10-7-5-8;1-9(2,3)8-5-4-6-10-7-8;1-9(2,3)8-6-4-5-7-10-8;6*1-2;;/h5-6H,1-4H3;3*4-7H,1-3H3;6*1-2H3;2*1H4. The van der Waals surface area contributed by atoms with Gasteiger partial charge in [0.2, 0.25) is 5.88 Å². The number of hydrogen-bond acceptors (Lipinski definition) is 6. The third-order valence-electron chi connectivity index (χ3n) is 6.11.